The molecule has 0 spiro atoms. The Morgan fingerprint density at radius 3 is 2.22 bits per heavy atom. The van der Waals surface area contributed by atoms with Crippen LogP contribution < -0.4 is 10.0 Å². The summed E-state index contributed by atoms with van der Waals surface area (Å²) in [6, 6.07) is 18.2. The number of piperidine rings is 1. The summed E-state index contributed by atoms with van der Waals surface area (Å²) in [5, 5.41) is 2.80. The quantitative estimate of drug-likeness (QED) is 0.462. The molecule has 2 aromatic carbocycles. The van der Waals surface area contributed by atoms with Crippen molar-refractivity contribution < 1.29 is 21.6 Å². The van der Waals surface area contributed by atoms with Gasteiger partial charge in [-0.05, 0) is 61.7 Å². The van der Waals surface area contributed by atoms with E-state index in [0.29, 0.717) is 18.5 Å². The van der Waals surface area contributed by atoms with Gasteiger partial charge in [-0.15, -0.1) is 0 Å². The molecule has 11 heteroatoms. The van der Waals surface area contributed by atoms with Crippen LogP contribution in [0.4, 0.5) is 11.5 Å². The van der Waals surface area contributed by atoms with Gasteiger partial charge in [0.1, 0.15) is 5.82 Å². The molecule has 4 rings (SSSR count). The second kappa shape index (κ2) is 10.8. The standard InChI is InChI=1S/C25H28N4O5S2/c1-19-5-7-20(8-6-19)18-35(31,32)29-16-13-21(14-17-29)25(30)27-22-9-11-23(12-10-22)36(33,34)28-24-4-2-3-15-26-24/h2-12,15,21H,13-14,16-18H2,1H3,(H,26,28)(H,27,30). The van der Waals surface area contributed by atoms with Crippen molar-refractivity contribution in [1.82, 2.24) is 9.29 Å². The van der Waals surface area contributed by atoms with Gasteiger partial charge in [-0.25, -0.2) is 26.1 Å². The number of carbonyl (C=O) groups is 1. The fourth-order valence-electron chi connectivity index (χ4n) is 3.96. The van der Waals surface area contributed by atoms with E-state index in [1.54, 1.807) is 18.2 Å². The van der Waals surface area contributed by atoms with Crippen LogP contribution in [0, 0.1) is 12.8 Å². The molecule has 0 unspecified atom stereocenters. The Morgan fingerprint density at radius 2 is 1.61 bits per heavy atom. The molecular formula is C25H28N4O5S2. The van der Waals surface area contributed by atoms with Gasteiger partial charge in [0.2, 0.25) is 15.9 Å². The largest absolute Gasteiger partial charge is 0.326 e. The number of nitrogens with zero attached hydrogens (tertiary/aromatic N) is 2. The lowest BCUT2D eigenvalue weighted by molar-refractivity contribution is -0.120. The summed E-state index contributed by atoms with van der Waals surface area (Å²) in [5.74, 6) is -0.394. The van der Waals surface area contributed by atoms with Gasteiger partial charge in [0.05, 0.1) is 10.6 Å². The van der Waals surface area contributed by atoms with Gasteiger partial charge in [-0.1, -0.05) is 35.9 Å². The first-order valence-corrected chi connectivity index (χ1v) is 14.6. The Balaban J connectivity index is 1.31. The van der Waals surface area contributed by atoms with E-state index in [2.05, 4.69) is 15.0 Å². The van der Waals surface area contributed by atoms with Crippen LogP contribution >= 0.6 is 0 Å². The average molecular weight is 529 g/mol. The van der Waals surface area contributed by atoms with E-state index in [4.69, 9.17) is 0 Å². The fourth-order valence-corrected chi connectivity index (χ4v) is 6.54. The number of rotatable bonds is 8. The molecule has 0 saturated carbocycles. The van der Waals surface area contributed by atoms with Gasteiger partial charge >= 0.3 is 0 Å². The lowest BCUT2D eigenvalue weighted by atomic mass is 9.97. The van der Waals surface area contributed by atoms with Crippen LogP contribution in [0.15, 0.2) is 77.8 Å². The molecule has 1 amide bonds. The van der Waals surface area contributed by atoms with Crippen molar-refractivity contribution in [2.75, 3.05) is 23.1 Å². The van der Waals surface area contributed by atoms with Crippen molar-refractivity contribution in [3.8, 4) is 0 Å². The Bertz CT molecular complexity index is 1400. The number of amides is 1. The molecule has 36 heavy (non-hydrogen) atoms. The van der Waals surface area contributed by atoms with Gasteiger partial charge in [0, 0.05) is 30.9 Å². The van der Waals surface area contributed by atoms with E-state index in [0.717, 1.165) is 11.1 Å². The zero-order valence-electron chi connectivity index (χ0n) is 19.8. The molecule has 3 aromatic rings. The highest BCUT2D eigenvalue weighted by Crippen LogP contribution is 2.24. The molecule has 0 radical (unpaired) electrons. The summed E-state index contributed by atoms with van der Waals surface area (Å²) in [5.41, 5.74) is 2.27. The smallest absolute Gasteiger partial charge is 0.263 e. The van der Waals surface area contributed by atoms with E-state index in [1.807, 2.05) is 31.2 Å². The number of sulfonamides is 2. The molecule has 9 nitrogen and oxygen atoms in total. The molecule has 190 valence electrons. The minimum Gasteiger partial charge on any atom is -0.326 e. The summed E-state index contributed by atoms with van der Waals surface area (Å²) >= 11 is 0. The zero-order chi connectivity index (χ0) is 25.8. The van der Waals surface area contributed by atoms with Crippen molar-refractivity contribution in [2.24, 2.45) is 5.92 Å². The van der Waals surface area contributed by atoms with Crippen LogP contribution in [0.25, 0.3) is 0 Å². The van der Waals surface area contributed by atoms with E-state index in [-0.39, 0.29) is 41.4 Å². The molecule has 2 heterocycles. The van der Waals surface area contributed by atoms with E-state index < -0.39 is 20.0 Å². The van der Waals surface area contributed by atoms with E-state index in [9.17, 15) is 21.6 Å². The third kappa shape index (κ3) is 6.48. The summed E-state index contributed by atoms with van der Waals surface area (Å²) in [7, 11) is -7.28. The molecule has 1 aliphatic rings. The van der Waals surface area contributed by atoms with Gasteiger partial charge in [-0.2, -0.15) is 0 Å². The van der Waals surface area contributed by atoms with Crippen LogP contribution in [-0.2, 0) is 30.6 Å². The number of carbonyl (C=O) groups excluding carboxylic acids is 1. The Hall–Kier alpha value is -3.28. The topological polar surface area (TPSA) is 126 Å². The summed E-state index contributed by atoms with van der Waals surface area (Å²) in [6.45, 7) is 2.51. The zero-order valence-corrected chi connectivity index (χ0v) is 21.4. The Kier molecular flexibility index (Phi) is 7.72. The molecule has 0 aliphatic carbocycles. The maximum Gasteiger partial charge on any atom is 0.263 e. The summed E-state index contributed by atoms with van der Waals surface area (Å²) in [4.78, 5) is 16.7. The minimum absolute atomic E-state index is 0.0400. The van der Waals surface area contributed by atoms with Gasteiger partial charge in [0.15, 0.2) is 0 Å². The number of anilines is 2. The van der Waals surface area contributed by atoms with Crippen molar-refractivity contribution in [3.63, 3.8) is 0 Å². The van der Waals surface area contributed by atoms with Crippen molar-refractivity contribution in [2.45, 2.75) is 30.4 Å². The van der Waals surface area contributed by atoms with Crippen LogP contribution in [0.5, 0.6) is 0 Å². The second-order valence-corrected chi connectivity index (χ2v) is 12.4. The van der Waals surface area contributed by atoms with Gasteiger partial charge < -0.3 is 5.32 Å². The van der Waals surface area contributed by atoms with Crippen molar-refractivity contribution in [1.29, 1.82) is 0 Å². The molecule has 0 atom stereocenters. The van der Waals surface area contributed by atoms with Crippen LogP contribution in [0.3, 0.4) is 0 Å². The van der Waals surface area contributed by atoms with Crippen LogP contribution in [0.2, 0.25) is 0 Å². The number of pyridine rings is 1. The van der Waals surface area contributed by atoms with Crippen LogP contribution in [-0.4, -0.2) is 45.1 Å². The maximum absolute atomic E-state index is 12.8. The first-order chi connectivity index (χ1) is 17.1. The normalized spacial score (nSPS) is 15.4. The average Bonchev–Trinajstić information content (AvgIpc) is 2.86. The molecular weight excluding hydrogens is 500 g/mol. The molecule has 2 N–H and O–H groups in total. The fraction of sp³-hybridized carbons (Fsp3) is 0.280. The third-order valence-corrected chi connectivity index (χ3v) is 9.24. The van der Waals surface area contributed by atoms with E-state index in [1.165, 1.54) is 34.8 Å². The number of nitrogens with one attached hydrogen (secondary N) is 2. The number of hydrogen-bond donors (Lipinski definition) is 2. The molecule has 1 fully saturated rings. The molecule has 1 aliphatic heterocycles. The number of aryl methyl sites for hydroxylation is 1. The lowest BCUT2D eigenvalue weighted by Crippen LogP contribution is -2.41. The second-order valence-electron chi connectivity index (χ2n) is 8.75. The highest BCUT2D eigenvalue weighted by atomic mass is 32.2. The highest BCUT2D eigenvalue weighted by Gasteiger charge is 2.31. The van der Waals surface area contributed by atoms with Crippen LogP contribution in [0.1, 0.15) is 24.0 Å². The molecule has 0 bridgehead atoms. The maximum atomic E-state index is 12.8. The highest BCUT2D eigenvalue weighted by molar-refractivity contribution is 7.92. The summed E-state index contributed by atoms with van der Waals surface area (Å²) < 4.78 is 54.5. The van der Waals surface area contributed by atoms with Crippen molar-refractivity contribution >= 4 is 37.5 Å². The number of benzene rings is 2. The first kappa shape index (κ1) is 25.8. The van der Waals surface area contributed by atoms with Crippen molar-refractivity contribution in [3.05, 3.63) is 84.1 Å². The minimum atomic E-state index is -3.81. The lowest BCUT2D eigenvalue weighted by Gasteiger charge is -2.30. The number of aromatic nitrogens is 1. The molecule has 1 aromatic heterocycles. The number of hydrogen-bond acceptors (Lipinski definition) is 6. The predicted molar refractivity (Wildman–Crippen MR) is 138 cm³/mol. The summed E-state index contributed by atoms with van der Waals surface area (Å²) in [6.07, 6.45) is 2.32. The van der Waals surface area contributed by atoms with E-state index >= 15 is 0 Å². The SMILES string of the molecule is Cc1ccc(CS(=O)(=O)N2CCC(C(=O)Nc3ccc(S(=O)(=O)Nc4ccccn4)cc3)CC2)cc1. The van der Waals surface area contributed by atoms with Gasteiger partial charge in [0.25, 0.3) is 10.0 Å². The Labute approximate surface area is 211 Å². The molecule has 1 saturated heterocycles. The Morgan fingerprint density at radius 1 is 0.944 bits per heavy atom. The predicted octanol–water partition coefficient (Wildman–Crippen LogP) is 3.37. The third-order valence-electron chi connectivity index (χ3n) is 6.02. The monoisotopic (exact) mass is 528 g/mol. The first-order valence-electron chi connectivity index (χ1n) is 11.5. The van der Waals surface area contributed by atoms with Gasteiger partial charge in [-0.3, -0.25) is 9.52 Å².